The number of fused-ring (bicyclic) bond motifs is 1. The molecule has 0 aliphatic carbocycles. The first-order chi connectivity index (χ1) is 12.1. The van der Waals surface area contributed by atoms with Crippen molar-refractivity contribution < 1.29 is 4.74 Å². The third-order valence-electron chi connectivity index (χ3n) is 5.05. The Balaban J connectivity index is 1.55. The van der Waals surface area contributed by atoms with E-state index >= 15 is 0 Å². The quantitative estimate of drug-likeness (QED) is 0.830. The molecule has 2 aliphatic rings. The van der Waals surface area contributed by atoms with E-state index in [1.807, 2.05) is 6.07 Å². The van der Waals surface area contributed by atoms with Crippen LogP contribution < -0.4 is 10.5 Å². The monoisotopic (exact) mass is 360 g/mol. The Kier molecular flexibility index (Phi) is 4.50. The molecule has 7 heteroatoms. The average molecular weight is 361 g/mol. The second-order valence-corrected chi connectivity index (χ2v) is 6.99. The molecule has 1 aromatic carbocycles. The van der Waals surface area contributed by atoms with Crippen LogP contribution in [0.2, 0.25) is 5.02 Å². The van der Waals surface area contributed by atoms with E-state index in [1.165, 1.54) is 10.2 Å². The molecule has 25 heavy (non-hydrogen) atoms. The predicted octanol–water partition coefficient (Wildman–Crippen LogP) is 1.52. The van der Waals surface area contributed by atoms with Crippen molar-refractivity contribution in [1.82, 2.24) is 14.7 Å². The molecule has 0 bridgehead atoms. The number of rotatable bonds is 3. The first-order valence-electron chi connectivity index (χ1n) is 8.50. The molecule has 2 atom stereocenters. The van der Waals surface area contributed by atoms with E-state index in [4.69, 9.17) is 16.3 Å². The van der Waals surface area contributed by atoms with E-state index in [0.717, 1.165) is 32.8 Å². The molecule has 0 saturated carbocycles. The number of morpholine rings is 1. The zero-order chi connectivity index (χ0) is 17.4. The molecule has 0 radical (unpaired) electrons. The Hall–Kier alpha value is -1.89. The largest absolute Gasteiger partial charge is 0.373 e. The summed E-state index contributed by atoms with van der Waals surface area (Å²) in [7, 11) is 1.60. The Morgan fingerprint density at radius 2 is 2.08 bits per heavy atom. The van der Waals surface area contributed by atoms with Crippen LogP contribution in [0.4, 0.5) is 5.69 Å². The van der Waals surface area contributed by atoms with Crippen LogP contribution in [-0.2, 0) is 18.3 Å². The van der Waals surface area contributed by atoms with E-state index in [0.29, 0.717) is 5.69 Å². The average Bonchev–Trinajstić information content (AvgIpc) is 3.06. The van der Waals surface area contributed by atoms with Crippen LogP contribution >= 0.6 is 11.6 Å². The van der Waals surface area contributed by atoms with Gasteiger partial charge in [-0.15, -0.1) is 0 Å². The van der Waals surface area contributed by atoms with Crippen molar-refractivity contribution in [3.63, 3.8) is 0 Å². The number of aryl methyl sites for hydroxylation is 1. The first kappa shape index (κ1) is 16.6. The number of benzene rings is 1. The van der Waals surface area contributed by atoms with Crippen molar-refractivity contribution in [2.75, 3.05) is 31.1 Å². The maximum Gasteiger partial charge on any atom is 0.287 e. The maximum absolute atomic E-state index is 12.1. The number of hydrogen-bond acceptors (Lipinski definition) is 5. The summed E-state index contributed by atoms with van der Waals surface area (Å²) in [4.78, 5) is 16.7. The Morgan fingerprint density at radius 3 is 2.88 bits per heavy atom. The topological polar surface area (TPSA) is 50.6 Å². The van der Waals surface area contributed by atoms with Crippen molar-refractivity contribution in [2.45, 2.75) is 18.7 Å². The van der Waals surface area contributed by atoms with E-state index in [9.17, 15) is 4.79 Å². The van der Waals surface area contributed by atoms with E-state index < -0.39 is 0 Å². The number of ether oxygens (including phenoxy) is 1. The van der Waals surface area contributed by atoms with Gasteiger partial charge < -0.3 is 9.64 Å². The normalized spacial score (nSPS) is 23.7. The fourth-order valence-electron chi connectivity index (χ4n) is 3.69. The molecule has 0 N–H and O–H groups in total. The highest BCUT2D eigenvalue weighted by molar-refractivity contribution is 6.33. The Bertz CT molecular complexity index is 810. The Morgan fingerprint density at radius 1 is 1.28 bits per heavy atom. The highest BCUT2D eigenvalue weighted by atomic mass is 35.5. The molecule has 6 nitrogen and oxygen atoms in total. The lowest BCUT2D eigenvalue weighted by Gasteiger charge is -2.36. The summed E-state index contributed by atoms with van der Waals surface area (Å²) in [5, 5.41) is 4.34. The van der Waals surface area contributed by atoms with Crippen molar-refractivity contribution in [3.05, 3.63) is 57.5 Å². The zero-order valence-corrected chi connectivity index (χ0v) is 14.9. The van der Waals surface area contributed by atoms with Gasteiger partial charge in [0.05, 0.1) is 30.6 Å². The van der Waals surface area contributed by atoms with Crippen LogP contribution in [0.25, 0.3) is 0 Å². The van der Waals surface area contributed by atoms with E-state index in [-0.39, 0.29) is 22.7 Å². The minimum atomic E-state index is -0.268. The van der Waals surface area contributed by atoms with Gasteiger partial charge in [0.2, 0.25) is 0 Å². The van der Waals surface area contributed by atoms with Crippen LogP contribution in [0, 0.1) is 0 Å². The third kappa shape index (κ3) is 3.17. The summed E-state index contributed by atoms with van der Waals surface area (Å²) in [5.41, 5.74) is 1.73. The summed E-state index contributed by atoms with van der Waals surface area (Å²) in [6, 6.07) is 10.8. The standard InChI is InChI=1S/C18H21ClN4O2/c1-21-18(24)17(19)14(9-20-21)23-11-15-16(12-23)25-8-7-22(15)10-13-5-3-2-4-6-13/h2-6,9,15-16H,7-8,10-12H2,1H3. The molecule has 2 saturated heterocycles. The van der Waals surface area contributed by atoms with Gasteiger partial charge in [0.1, 0.15) is 5.02 Å². The lowest BCUT2D eigenvalue weighted by Crippen LogP contribution is -2.50. The maximum atomic E-state index is 12.1. The van der Waals surface area contributed by atoms with Gasteiger partial charge >= 0.3 is 0 Å². The SMILES string of the molecule is Cn1ncc(N2CC3OCCN(Cc4ccccc4)C3C2)c(Cl)c1=O. The fraction of sp³-hybridized carbons (Fsp3) is 0.444. The number of aromatic nitrogens is 2. The number of nitrogens with zero attached hydrogens (tertiary/aromatic N) is 4. The lowest BCUT2D eigenvalue weighted by molar-refractivity contribution is -0.0499. The molecule has 2 aliphatic heterocycles. The number of halogens is 1. The van der Waals surface area contributed by atoms with Gasteiger partial charge in [-0.05, 0) is 5.56 Å². The Labute approximate surface area is 151 Å². The summed E-state index contributed by atoms with van der Waals surface area (Å²) in [6.07, 6.45) is 1.79. The molecule has 132 valence electrons. The van der Waals surface area contributed by atoms with Crippen LogP contribution in [0.15, 0.2) is 41.3 Å². The minimum Gasteiger partial charge on any atom is -0.373 e. The molecule has 3 heterocycles. The van der Waals surface area contributed by atoms with Crippen molar-refractivity contribution >= 4 is 17.3 Å². The van der Waals surface area contributed by atoms with Gasteiger partial charge in [-0.25, -0.2) is 4.68 Å². The molecule has 2 unspecified atom stereocenters. The summed E-state index contributed by atoms with van der Waals surface area (Å²) in [5.74, 6) is 0. The smallest absolute Gasteiger partial charge is 0.287 e. The number of anilines is 1. The fourth-order valence-corrected chi connectivity index (χ4v) is 3.98. The van der Waals surface area contributed by atoms with Crippen molar-refractivity contribution in [1.29, 1.82) is 0 Å². The highest BCUT2D eigenvalue weighted by Crippen LogP contribution is 2.30. The molecule has 4 rings (SSSR count). The third-order valence-corrected chi connectivity index (χ3v) is 5.40. The lowest BCUT2D eigenvalue weighted by atomic mass is 10.1. The van der Waals surface area contributed by atoms with E-state index in [2.05, 4.69) is 39.2 Å². The summed E-state index contributed by atoms with van der Waals surface area (Å²) < 4.78 is 7.24. The molecule has 2 fully saturated rings. The van der Waals surface area contributed by atoms with Crippen LogP contribution in [0.5, 0.6) is 0 Å². The molecule has 0 spiro atoms. The van der Waals surface area contributed by atoms with Gasteiger partial charge in [0.25, 0.3) is 5.56 Å². The first-order valence-corrected chi connectivity index (χ1v) is 8.87. The number of hydrogen-bond donors (Lipinski definition) is 0. The van der Waals surface area contributed by atoms with Gasteiger partial charge in [0.15, 0.2) is 0 Å². The highest BCUT2D eigenvalue weighted by Gasteiger charge is 2.40. The predicted molar refractivity (Wildman–Crippen MR) is 97.1 cm³/mol. The van der Waals surface area contributed by atoms with E-state index in [1.54, 1.807) is 13.2 Å². The summed E-state index contributed by atoms with van der Waals surface area (Å²) in [6.45, 7) is 4.05. The van der Waals surface area contributed by atoms with Crippen LogP contribution in [-0.4, -0.2) is 53.1 Å². The summed E-state index contributed by atoms with van der Waals surface area (Å²) >= 11 is 6.27. The molecule has 0 amide bonds. The van der Waals surface area contributed by atoms with Gasteiger partial charge in [-0.1, -0.05) is 41.9 Å². The molecule has 1 aromatic heterocycles. The zero-order valence-electron chi connectivity index (χ0n) is 14.1. The van der Waals surface area contributed by atoms with Crippen molar-refractivity contribution in [3.8, 4) is 0 Å². The second kappa shape index (κ2) is 6.78. The molecular weight excluding hydrogens is 340 g/mol. The van der Waals surface area contributed by atoms with Gasteiger partial charge in [0, 0.05) is 33.2 Å². The van der Waals surface area contributed by atoms with Gasteiger partial charge in [-0.3, -0.25) is 9.69 Å². The molecule has 2 aromatic rings. The van der Waals surface area contributed by atoms with Gasteiger partial charge in [-0.2, -0.15) is 5.10 Å². The van der Waals surface area contributed by atoms with Crippen LogP contribution in [0.3, 0.4) is 0 Å². The second-order valence-electron chi connectivity index (χ2n) is 6.61. The minimum absolute atomic E-state index is 0.123. The molecular formula is C18H21ClN4O2. The van der Waals surface area contributed by atoms with Crippen molar-refractivity contribution in [2.24, 2.45) is 7.05 Å². The van der Waals surface area contributed by atoms with Crippen LogP contribution in [0.1, 0.15) is 5.56 Å².